The summed E-state index contributed by atoms with van der Waals surface area (Å²) in [4.78, 5) is 25.6. The van der Waals surface area contributed by atoms with Crippen molar-refractivity contribution in [3.05, 3.63) is 99.3 Å². The maximum atomic E-state index is 13.0. The number of para-hydroxylation sites is 1. The number of rotatable bonds is 3. The van der Waals surface area contributed by atoms with Crippen molar-refractivity contribution in [3.8, 4) is 11.5 Å². The summed E-state index contributed by atoms with van der Waals surface area (Å²) in [6.07, 6.45) is 3.73. The van der Waals surface area contributed by atoms with E-state index < -0.39 is 5.97 Å². The number of carbonyl (C=O) groups excluding carboxylic acids is 2. The van der Waals surface area contributed by atoms with E-state index in [9.17, 15) is 9.59 Å². The number of benzene rings is 3. The van der Waals surface area contributed by atoms with Gasteiger partial charge in [0, 0.05) is 39.7 Å². The third-order valence-corrected chi connectivity index (χ3v) is 6.24. The average molecular weight is 488 g/mol. The molecule has 0 bridgehead atoms. The monoisotopic (exact) mass is 487 g/mol. The van der Waals surface area contributed by atoms with Crippen molar-refractivity contribution in [2.45, 2.75) is 6.92 Å². The van der Waals surface area contributed by atoms with Gasteiger partial charge in [-0.05, 0) is 59.3 Å². The largest absolute Gasteiger partial charge is 0.452 e. The molecular weight excluding hydrogens is 470 g/mol. The van der Waals surface area contributed by atoms with Gasteiger partial charge in [-0.15, -0.1) is 0 Å². The molecule has 0 saturated carbocycles. The summed E-state index contributed by atoms with van der Waals surface area (Å²) < 4.78 is 14.2. The number of ketones is 1. The molecule has 0 unspecified atom stereocenters. The fourth-order valence-electron chi connectivity index (χ4n) is 3.89. The molecule has 32 heavy (non-hydrogen) atoms. The summed E-state index contributed by atoms with van der Waals surface area (Å²) in [5, 5.41) is 1.04. The van der Waals surface area contributed by atoms with Gasteiger partial charge in [0.1, 0.15) is 11.5 Å². The minimum Gasteiger partial charge on any atom is -0.452 e. The van der Waals surface area contributed by atoms with Gasteiger partial charge in [-0.25, -0.2) is 4.79 Å². The Morgan fingerprint density at radius 2 is 1.81 bits per heavy atom. The highest BCUT2D eigenvalue weighted by Crippen LogP contribution is 2.40. The number of fused-ring (bicyclic) bond motifs is 2. The number of aryl methyl sites for hydroxylation is 1. The summed E-state index contributed by atoms with van der Waals surface area (Å²) in [5.41, 5.74) is 3.44. The van der Waals surface area contributed by atoms with Gasteiger partial charge in [-0.2, -0.15) is 0 Å². The number of esters is 1. The van der Waals surface area contributed by atoms with Gasteiger partial charge < -0.3 is 14.0 Å². The molecule has 1 aliphatic rings. The number of ether oxygens (including phenoxy) is 2. The normalized spacial score (nSPS) is 14.0. The van der Waals surface area contributed by atoms with Crippen LogP contribution in [-0.4, -0.2) is 16.3 Å². The number of nitrogens with zero attached hydrogens (tertiary/aromatic N) is 1. The molecule has 158 valence electrons. The standard InChI is InChI=1S/C26H18BrNO4/c1-15-22(32-26(30)18-8-3-5-9-20(18)27)12-11-19-24(29)23(31-25(15)19)13-16-14-28(2)21-10-6-4-7-17(16)21/h3-14H,1-2H3. The maximum Gasteiger partial charge on any atom is 0.344 e. The number of aromatic nitrogens is 1. The zero-order valence-corrected chi connectivity index (χ0v) is 19.0. The molecule has 5 rings (SSSR count). The van der Waals surface area contributed by atoms with Crippen LogP contribution in [0.2, 0.25) is 0 Å². The summed E-state index contributed by atoms with van der Waals surface area (Å²) in [5.74, 6) is 0.326. The smallest absolute Gasteiger partial charge is 0.344 e. The molecule has 6 heteroatoms. The average Bonchev–Trinajstić information content (AvgIpc) is 3.28. The molecule has 0 amide bonds. The van der Waals surface area contributed by atoms with Gasteiger partial charge in [-0.3, -0.25) is 4.79 Å². The molecule has 5 nitrogen and oxygen atoms in total. The predicted octanol–water partition coefficient (Wildman–Crippen LogP) is 6.08. The van der Waals surface area contributed by atoms with Crippen LogP contribution < -0.4 is 9.47 Å². The maximum absolute atomic E-state index is 13.0. The van der Waals surface area contributed by atoms with E-state index in [0.717, 1.165) is 16.5 Å². The van der Waals surface area contributed by atoms with Crippen molar-refractivity contribution in [3.63, 3.8) is 0 Å². The van der Waals surface area contributed by atoms with Crippen molar-refractivity contribution in [2.75, 3.05) is 0 Å². The second-order valence-electron chi connectivity index (χ2n) is 7.59. The van der Waals surface area contributed by atoms with Crippen molar-refractivity contribution < 1.29 is 19.1 Å². The second kappa shape index (κ2) is 7.80. The van der Waals surface area contributed by atoms with Crippen molar-refractivity contribution >= 4 is 44.7 Å². The molecule has 0 spiro atoms. The Hall–Kier alpha value is -3.64. The zero-order valence-electron chi connectivity index (χ0n) is 17.4. The van der Waals surface area contributed by atoms with Crippen LogP contribution in [0.4, 0.5) is 0 Å². The highest BCUT2D eigenvalue weighted by molar-refractivity contribution is 9.10. The van der Waals surface area contributed by atoms with Crippen molar-refractivity contribution in [1.82, 2.24) is 4.57 Å². The minimum absolute atomic E-state index is 0.195. The molecule has 3 aromatic carbocycles. The number of Topliss-reactive ketones (excluding diaryl/α,β-unsaturated/α-hetero) is 1. The summed E-state index contributed by atoms with van der Waals surface area (Å²) >= 11 is 3.37. The number of hydrogen-bond donors (Lipinski definition) is 0. The van der Waals surface area contributed by atoms with Crippen LogP contribution in [0.25, 0.3) is 17.0 Å². The molecule has 0 aliphatic carbocycles. The molecule has 1 aromatic heterocycles. The van der Waals surface area contributed by atoms with E-state index >= 15 is 0 Å². The number of halogens is 1. The van der Waals surface area contributed by atoms with E-state index in [0.29, 0.717) is 32.7 Å². The van der Waals surface area contributed by atoms with Crippen LogP contribution in [0.1, 0.15) is 31.8 Å². The topological polar surface area (TPSA) is 57.5 Å². The zero-order chi connectivity index (χ0) is 22.4. The SMILES string of the molecule is Cc1c(OC(=O)c2ccccc2Br)ccc2c1OC(=Cc1cn(C)c3ccccc13)C2=O. The quantitative estimate of drug-likeness (QED) is 0.199. The Balaban J connectivity index is 1.47. The van der Waals surface area contributed by atoms with E-state index in [-0.39, 0.29) is 11.5 Å². The number of carbonyl (C=O) groups is 2. The van der Waals surface area contributed by atoms with Gasteiger partial charge in [0.05, 0.1) is 11.1 Å². The Kier molecular flexibility index (Phi) is 4.94. The van der Waals surface area contributed by atoms with Crippen LogP contribution in [0.3, 0.4) is 0 Å². The lowest BCUT2D eigenvalue weighted by Crippen LogP contribution is -2.10. The first-order valence-electron chi connectivity index (χ1n) is 10.0. The number of allylic oxidation sites excluding steroid dienone is 1. The van der Waals surface area contributed by atoms with Crippen LogP contribution in [0, 0.1) is 6.92 Å². The molecule has 0 radical (unpaired) electrons. The fraction of sp³-hybridized carbons (Fsp3) is 0.0769. The lowest BCUT2D eigenvalue weighted by atomic mass is 10.1. The van der Waals surface area contributed by atoms with Crippen molar-refractivity contribution in [2.24, 2.45) is 7.05 Å². The van der Waals surface area contributed by atoms with E-state index in [2.05, 4.69) is 15.9 Å². The van der Waals surface area contributed by atoms with Crippen LogP contribution in [0.5, 0.6) is 11.5 Å². The molecule has 4 aromatic rings. The third-order valence-electron chi connectivity index (χ3n) is 5.55. The number of hydrogen-bond acceptors (Lipinski definition) is 4. The predicted molar refractivity (Wildman–Crippen MR) is 126 cm³/mol. The minimum atomic E-state index is -0.489. The van der Waals surface area contributed by atoms with E-state index in [1.54, 1.807) is 43.3 Å². The Bertz CT molecular complexity index is 1450. The van der Waals surface area contributed by atoms with Crippen LogP contribution in [-0.2, 0) is 7.05 Å². The Morgan fingerprint density at radius 3 is 2.62 bits per heavy atom. The van der Waals surface area contributed by atoms with Crippen molar-refractivity contribution in [1.29, 1.82) is 0 Å². The van der Waals surface area contributed by atoms with Gasteiger partial charge in [0.15, 0.2) is 5.76 Å². The first kappa shape index (κ1) is 20.3. The van der Waals surface area contributed by atoms with Crippen LogP contribution >= 0.6 is 15.9 Å². The van der Waals surface area contributed by atoms with E-state index in [1.807, 2.05) is 48.1 Å². The van der Waals surface area contributed by atoms with Gasteiger partial charge in [0.25, 0.3) is 0 Å². The molecule has 0 fully saturated rings. The summed E-state index contributed by atoms with van der Waals surface area (Å²) in [7, 11) is 1.96. The Morgan fingerprint density at radius 1 is 1.06 bits per heavy atom. The molecule has 1 aliphatic heterocycles. The fourth-order valence-corrected chi connectivity index (χ4v) is 4.34. The highest BCUT2D eigenvalue weighted by Gasteiger charge is 2.31. The van der Waals surface area contributed by atoms with E-state index in [4.69, 9.17) is 9.47 Å². The Labute approximate surface area is 193 Å². The summed E-state index contributed by atoms with van der Waals surface area (Å²) in [6.45, 7) is 1.77. The van der Waals surface area contributed by atoms with Gasteiger partial charge in [0.2, 0.25) is 5.78 Å². The molecule has 0 N–H and O–H groups in total. The van der Waals surface area contributed by atoms with Gasteiger partial charge in [-0.1, -0.05) is 30.3 Å². The van der Waals surface area contributed by atoms with Crippen LogP contribution in [0.15, 0.2) is 77.1 Å². The molecule has 2 heterocycles. The second-order valence-corrected chi connectivity index (χ2v) is 8.44. The lowest BCUT2D eigenvalue weighted by Gasteiger charge is -2.10. The molecular formula is C26H18BrNO4. The van der Waals surface area contributed by atoms with Gasteiger partial charge >= 0.3 is 5.97 Å². The molecule has 0 saturated heterocycles. The molecule has 0 atom stereocenters. The lowest BCUT2D eigenvalue weighted by molar-refractivity contribution is 0.0732. The van der Waals surface area contributed by atoms with E-state index in [1.165, 1.54) is 0 Å². The highest BCUT2D eigenvalue weighted by atomic mass is 79.9. The first-order valence-corrected chi connectivity index (χ1v) is 10.8. The first-order chi connectivity index (χ1) is 15.4. The summed E-state index contributed by atoms with van der Waals surface area (Å²) in [6, 6.07) is 18.3. The third kappa shape index (κ3) is 3.33.